The zero-order valence-electron chi connectivity index (χ0n) is 18.5. The highest BCUT2D eigenvalue weighted by Gasteiger charge is 2.30. The Bertz CT molecular complexity index is 1480. The predicted octanol–water partition coefficient (Wildman–Crippen LogP) is 4.72. The van der Waals surface area contributed by atoms with E-state index in [0.29, 0.717) is 46.9 Å². The van der Waals surface area contributed by atoms with Crippen molar-refractivity contribution in [3.8, 4) is 11.6 Å². The lowest BCUT2D eigenvalue weighted by Gasteiger charge is -2.12. The van der Waals surface area contributed by atoms with Crippen molar-refractivity contribution >= 4 is 28.6 Å². The Morgan fingerprint density at radius 2 is 1.92 bits per heavy atom. The summed E-state index contributed by atoms with van der Waals surface area (Å²) in [6, 6.07) is 10.4. The van der Waals surface area contributed by atoms with Crippen molar-refractivity contribution in [2.24, 2.45) is 0 Å². The first-order valence-corrected chi connectivity index (χ1v) is 10.7. The highest BCUT2D eigenvalue weighted by molar-refractivity contribution is 5.98. The third-order valence-electron chi connectivity index (χ3n) is 5.65. The maximum Gasteiger partial charge on any atom is 0.416 e. The Balaban J connectivity index is 1.34. The largest absolute Gasteiger partial charge is 0.480 e. The molecule has 0 fully saturated rings. The highest BCUT2D eigenvalue weighted by atomic mass is 19.4. The monoisotopic (exact) mass is 497 g/mol. The van der Waals surface area contributed by atoms with Gasteiger partial charge >= 0.3 is 18.2 Å². The van der Waals surface area contributed by atoms with Crippen LogP contribution in [0.2, 0.25) is 0 Å². The van der Waals surface area contributed by atoms with E-state index in [1.54, 1.807) is 29.2 Å². The first kappa shape index (κ1) is 23.3. The van der Waals surface area contributed by atoms with Crippen LogP contribution in [0, 0.1) is 0 Å². The molecule has 0 aliphatic carbocycles. The summed E-state index contributed by atoms with van der Waals surface area (Å²) in [7, 11) is 0. The van der Waals surface area contributed by atoms with Gasteiger partial charge in [0.15, 0.2) is 0 Å². The molecule has 36 heavy (non-hydrogen) atoms. The number of ether oxygens (including phenoxy) is 1. The van der Waals surface area contributed by atoms with Crippen molar-refractivity contribution in [1.29, 1.82) is 0 Å². The van der Waals surface area contributed by atoms with Crippen molar-refractivity contribution in [2.75, 3.05) is 11.9 Å². The number of anilines is 1. The van der Waals surface area contributed by atoms with Gasteiger partial charge in [-0.2, -0.15) is 13.2 Å². The molecule has 0 saturated heterocycles. The molecule has 2 aromatic carbocycles. The number of hydrogen-bond acceptors (Lipinski definition) is 6. The molecule has 0 unspecified atom stereocenters. The molecule has 12 heteroatoms. The number of carboxylic acid groups (broad SMARTS) is 1. The lowest BCUT2D eigenvalue weighted by Crippen LogP contribution is -2.24. The number of halogens is 3. The fourth-order valence-corrected chi connectivity index (χ4v) is 4.04. The van der Waals surface area contributed by atoms with Crippen LogP contribution in [-0.4, -0.2) is 43.1 Å². The minimum absolute atomic E-state index is 0.0196. The third kappa shape index (κ3) is 4.70. The second-order valence-corrected chi connectivity index (χ2v) is 8.16. The van der Waals surface area contributed by atoms with Gasteiger partial charge in [0.2, 0.25) is 5.88 Å². The Morgan fingerprint density at radius 1 is 1.08 bits per heavy atom. The summed E-state index contributed by atoms with van der Waals surface area (Å²) < 4.78 is 46.1. The molecule has 184 valence electrons. The summed E-state index contributed by atoms with van der Waals surface area (Å²) in [6.07, 6.45) is -1.66. The quantitative estimate of drug-likeness (QED) is 0.411. The van der Waals surface area contributed by atoms with Crippen LogP contribution in [0.15, 0.2) is 61.1 Å². The van der Waals surface area contributed by atoms with E-state index < -0.39 is 23.7 Å². The second kappa shape index (κ2) is 8.96. The summed E-state index contributed by atoms with van der Waals surface area (Å²) >= 11 is 0. The van der Waals surface area contributed by atoms with Crippen LogP contribution in [0.5, 0.6) is 11.6 Å². The van der Waals surface area contributed by atoms with Crippen molar-refractivity contribution in [3.63, 3.8) is 0 Å². The Hall–Kier alpha value is -4.45. The van der Waals surface area contributed by atoms with Gasteiger partial charge in [-0.15, -0.1) is 0 Å². The van der Waals surface area contributed by atoms with Gasteiger partial charge in [-0.1, -0.05) is 6.07 Å². The van der Waals surface area contributed by atoms with Crippen LogP contribution in [0.25, 0.3) is 10.9 Å². The minimum atomic E-state index is -4.52. The van der Waals surface area contributed by atoms with Gasteiger partial charge in [0, 0.05) is 30.4 Å². The number of fused-ring (bicyclic) bond motifs is 2. The topological polar surface area (TPSA) is 110 Å². The summed E-state index contributed by atoms with van der Waals surface area (Å²) in [5.74, 6) is -0.185. The summed E-state index contributed by atoms with van der Waals surface area (Å²) in [6.45, 7) is 0.591. The van der Waals surface area contributed by atoms with E-state index in [1.807, 2.05) is 0 Å². The maximum atomic E-state index is 13.0. The molecule has 1 amide bonds. The number of carbonyl (C=O) groups is 2. The fourth-order valence-electron chi connectivity index (χ4n) is 4.04. The van der Waals surface area contributed by atoms with E-state index in [4.69, 9.17) is 9.84 Å². The molecule has 2 N–H and O–H groups in total. The molecule has 0 radical (unpaired) electrons. The number of aliphatic carboxylic acids is 1. The average Bonchev–Trinajstić information content (AvgIpc) is 3.42. The van der Waals surface area contributed by atoms with Crippen LogP contribution >= 0.6 is 0 Å². The second-order valence-electron chi connectivity index (χ2n) is 8.16. The number of hydrogen-bond donors (Lipinski definition) is 2. The van der Waals surface area contributed by atoms with Gasteiger partial charge in [0.05, 0.1) is 28.9 Å². The third-order valence-corrected chi connectivity index (χ3v) is 5.65. The molecule has 1 aliphatic heterocycles. The molecule has 9 nitrogen and oxygen atoms in total. The van der Waals surface area contributed by atoms with Crippen molar-refractivity contribution in [3.05, 3.63) is 77.9 Å². The lowest BCUT2D eigenvalue weighted by molar-refractivity contribution is -0.139. The fraction of sp³-hybridized carbons (Fsp3) is 0.167. The maximum absolute atomic E-state index is 13.0. The van der Waals surface area contributed by atoms with Gasteiger partial charge in [-0.05, 0) is 42.5 Å². The minimum Gasteiger partial charge on any atom is -0.480 e. The van der Waals surface area contributed by atoms with Crippen LogP contribution in [0.4, 0.5) is 23.7 Å². The van der Waals surface area contributed by atoms with Gasteiger partial charge in [-0.3, -0.25) is 14.3 Å². The Kier molecular flexibility index (Phi) is 5.80. The van der Waals surface area contributed by atoms with E-state index in [0.717, 1.165) is 12.1 Å². The molecular formula is C24H18F3N5O4. The Labute approximate surface area is 201 Å². The number of carbonyl (C=O) groups excluding carboxylic acids is 1. The number of aromatic nitrogens is 3. The molecule has 2 aromatic heterocycles. The van der Waals surface area contributed by atoms with E-state index in [-0.39, 0.29) is 12.2 Å². The number of amides is 1. The molecule has 0 spiro atoms. The number of carboxylic acids is 1. The van der Waals surface area contributed by atoms with E-state index in [9.17, 15) is 22.8 Å². The zero-order valence-corrected chi connectivity index (χ0v) is 18.5. The smallest absolute Gasteiger partial charge is 0.416 e. The van der Waals surface area contributed by atoms with Crippen LogP contribution in [0.3, 0.4) is 0 Å². The molecule has 0 bridgehead atoms. The Morgan fingerprint density at radius 3 is 2.69 bits per heavy atom. The summed E-state index contributed by atoms with van der Waals surface area (Å²) in [4.78, 5) is 33.9. The molecule has 4 aromatic rings. The van der Waals surface area contributed by atoms with Gasteiger partial charge in [0.25, 0.3) is 0 Å². The standard InChI is InChI=1S/C24H18F3N5O4/c25-24(26,27)15-2-1-3-16(9-15)30-23(35)32-7-6-14-8-17(4-5-20(14)32)36-22-18-10-31(12-21(33)34)11-19(18)28-13-29-22/h1-9,13H,10-12H2,(H,30,35)(H,33,34). The van der Waals surface area contributed by atoms with Crippen LogP contribution < -0.4 is 10.1 Å². The molecule has 1 aliphatic rings. The zero-order chi connectivity index (χ0) is 25.4. The number of benzene rings is 2. The molecular weight excluding hydrogens is 479 g/mol. The number of rotatable bonds is 5. The van der Waals surface area contributed by atoms with Crippen LogP contribution in [-0.2, 0) is 24.1 Å². The van der Waals surface area contributed by atoms with Crippen molar-refractivity contribution in [2.45, 2.75) is 19.3 Å². The average molecular weight is 497 g/mol. The number of nitrogens with one attached hydrogen (secondary N) is 1. The normalized spacial score (nSPS) is 13.5. The predicted molar refractivity (Wildman–Crippen MR) is 122 cm³/mol. The number of nitrogens with zero attached hydrogens (tertiary/aromatic N) is 4. The van der Waals surface area contributed by atoms with E-state index >= 15 is 0 Å². The van der Waals surface area contributed by atoms with Gasteiger partial charge in [-0.25, -0.2) is 14.8 Å². The molecule has 0 atom stereocenters. The molecule has 0 saturated carbocycles. The van der Waals surface area contributed by atoms with Gasteiger partial charge in [0.1, 0.15) is 12.1 Å². The van der Waals surface area contributed by atoms with Crippen molar-refractivity contribution < 1.29 is 32.6 Å². The summed E-state index contributed by atoms with van der Waals surface area (Å²) in [5, 5.41) is 12.2. The van der Waals surface area contributed by atoms with E-state index in [1.165, 1.54) is 29.2 Å². The summed E-state index contributed by atoms with van der Waals surface area (Å²) in [5.41, 5.74) is 1.08. The van der Waals surface area contributed by atoms with Gasteiger partial charge < -0.3 is 15.2 Å². The molecule has 3 heterocycles. The first-order chi connectivity index (χ1) is 17.2. The van der Waals surface area contributed by atoms with Crippen LogP contribution in [0.1, 0.15) is 16.8 Å². The molecule has 5 rings (SSSR count). The number of alkyl halides is 3. The first-order valence-electron chi connectivity index (χ1n) is 10.7. The van der Waals surface area contributed by atoms with E-state index in [2.05, 4.69) is 15.3 Å². The lowest BCUT2D eigenvalue weighted by atomic mass is 10.2. The van der Waals surface area contributed by atoms with Crippen molar-refractivity contribution in [1.82, 2.24) is 19.4 Å². The SMILES string of the molecule is O=C(O)CN1Cc2ncnc(Oc3ccc4c(ccn4C(=O)Nc4cccc(C(F)(F)F)c4)c3)c2C1. The highest BCUT2D eigenvalue weighted by Crippen LogP contribution is 2.33.